The summed E-state index contributed by atoms with van der Waals surface area (Å²) in [6.07, 6.45) is 0. The molecule has 0 atom stereocenters. The van der Waals surface area contributed by atoms with Crippen LogP contribution in [0.1, 0.15) is 5.56 Å². The van der Waals surface area contributed by atoms with Crippen LogP contribution >= 0.6 is 22.9 Å². The van der Waals surface area contributed by atoms with Gasteiger partial charge in [0.15, 0.2) is 0 Å². The molecule has 2 heterocycles. The van der Waals surface area contributed by atoms with Crippen molar-refractivity contribution in [2.75, 3.05) is 13.2 Å². The molecule has 3 rings (SSSR count). The molecule has 1 aromatic heterocycles. The summed E-state index contributed by atoms with van der Waals surface area (Å²) in [6, 6.07) is 5.79. The second kappa shape index (κ2) is 5.14. The molecule has 1 N–H and O–H groups in total. The molecule has 0 aliphatic carbocycles. The average molecular weight is 283 g/mol. The van der Waals surface area contributed by atoms with E-state index in [-0.39, 0.29) is 0 Å². The molecular weight excluding hydrogens is 272 g/mol. The zero-order valence-corrected chi connectivity index (χ0v) is 11.1. The normalized spacial score (nSPS) is 14.5. The minimum Gasteiger partial charge on any atom is -0.492 e. The number of hydrogen-bond donors (Lipinski definition) is 1. The Morgan fingerprint density at radius 3 is 3.22 bits per heavy atom. The molecule has 18 heavy (non-hydrogen) atoms. The summed E-state index contributed by atoms with van der Waals surface area (Å²) in [6.45, 7) is 2.34. The van der Waals surface area contributed by atoms with Crippen molar-refractivity contribution >= 4 is 22.9 Å². The lowest BCUT2D eigenvalue weighted by atomic mass is 10.2. The molecule has 94 valence electrons. The Labute approximate surface area is 114 Å². The van der Waals surface area contributed by atoms with Crippen LogP contribution in [-0.4, -0.2) is 18.1 Å². The number of aromatic nitrogens is 1. The first-order valence-electron chi connectivity index (χ1n) is 5.56. The summed E-state index contributed by atoms with van der Waals surface area (Å²) in [5, 5.41) is 6.00. The van der Waals surface area contributed by atoms with Crippen LogP contribution in [0.2, 0.25) is 5.15 Å². The number of nitrogens with one attached hydrogen (secondary N) is 1. The lowest BCUT2D eigenvalue weighted by Crippen LogP contribution is -2.16. The molecule has 1 aromatic carbocycles. The number of hydrogen-bond acceptors (Lipinski definition) is 5. The zero-order valence-electron chi connectivity index (χ0n) is 9.48. The molecule has 1 aliphatic heterocycles. The molecule has 2 aromatic rings. The number of ether oxygens (including phenoxy) is 2. The van der Waals surface area contributed by atoms with E-state index in [4.69, 9.17) is 21.1 Å². The number of nitrogens with zero attached hydrogens (tertiary/aromatic N) is 1. The molecule has 0 radical (unpaired) electrons. The van der Waals surface area contributed by atoms with Gasteiger partial charge in [-0.25, -0.2) is 0 Å². The Morgan fingerprint density at radius 1 is 1.44 bits per heavy atom. The van der Waals surface area contributed by atoms with E-state index in [1.807, 2.05) is 18.2 Å². The fraction of sp³-hybridized carbons (Fsp3) is 0.250. The maximum Gasteiger partial charge on any atom is 0.280 e. The lowest BCUT2D eigenvalue weighted by Gasteiger charge is -2.08. The van der Waals surface area contributed by atoms with Crippen molar-refractivity contribution < 1.29 is 9.47 Å². The number of halogens is 1. The molecule has 1 aliphatic rings. The molecule has 0 fully saturated rings. The van der Waals surface area contributed by atoms with Gasteiger partial charge in [-0.2, -0.15) is 4.98 Å². The summed E-state index contributed by atoms with van der Waals surface area (Å²) in [7, 11) is 0. The van der Waals surface area contributed by atoms with Gasteiger partial charge in [-0.3, -0.25) is 0 Å². The zero-order chi connectivity index (χ0) is 12.4. The van der Waals surface area contributed by atoms with Crippen molar-refractivity contribution in [1.29, 1.82) is 0 Å². The molecule has 4 nitrogen and oxygen atoms in total. The highest BCUT2D eigenvalue weighted by Crippen LogP contribution is 2.31. The van der Waals surface area contributed by atoms with Crippen molar-refractivity contribution in [2.45, 2.75) is 6.54 Å². The van der Waals surface area contributed by atoms with Crippen LogP contribution in [0.4, 0.5) is 0 Å². The first kappa shape index (κ1) is 11.8. The highest BCUT2D eigenvalue weighted by molar-refractivity contribution is 7.11. The van der Waals surface area contributed by atoms with Gasteiger partial charge in [0.1, 0.15) is 23.3 Å². The number of fused-ring (bicyclic) bond motifs is 1. The smallest absolute Gasteiger partial charge is 0.280 e. The second-order valence-corrected chi connectivity index (χ2v) is 5.04. The van der Waals surface area contributed by atoms with Crippen molar-refractivity contribution in [3.8, 4) is 16.7 Å². The molecule has 0 spiro atoms. The first-order chi connectivity index (χ1) is 8.81. The fourth-order valence-electron chi connectivity index (χ4n) is 1.72. The van der Waals surface area contributed by atoms with Gasteiger partial charge in [-0.15, -0.1) is 0 Å². The van der Waals surface area contributed by atoms with Gasteiger partial charge in [0.05, 0.1) is 0 Å². The third kappa shape index (κ3) is 2.58. The SMILES string of the molecule is Clc1csc(Oc2ccc3c(c2)OCCNC3)n1. The summed E-state index contributed by atoms with van der Waals surface area (Å²) in [5.74, 6) is 1.57. The van der Waals surface area contributed by atoms with Gasteiger partial charge in [-0.1, -0.05) is 29.0 Å². The Morgan fingerprint density at radius 2 is 2.39 bits per heavy atom. The summed E-state index contributed by atoms with van der Waals surface area (Å²) in [5.41, 5.74) is 1.14. The van der Waals surface area contributed by atoms with Crippen molar-refractivity contribution in [1.82, 2.24) is 10.3 Å². The van der Waals surface area contributed by atoms with Crippen LogP contribution < -0.4 is 14.8 Å². The van der Waals surface area contributed by atoms with Gasteiger partial charge in [0, 0.05) is 30.1 Å². The Balaban J connectivity index is 1.83. The van der Waals surface area contributed by atoms with E-state index >= 15 is 0 Å². The van der Waals surface area contributed by atoms with E-state index in [2.05, 4.69) is 10.3 Å². The Kier molecular flexibility index (Phi) is 3.36. The van der Waals surface area contributed by atoms with E-state index < -0.39 is 0 Å². The lowest BCUT2D eigenvalue weighted by molar-refractivity contribution is 0.324. The van der Waals surface area contributed by atoms with Gasteiger partial charge in [-0.05, 0) is 6.07 Å². The fourth-order valence-corrected chi connectivity index (χ4v) is 2.53. The maximum atomic E-state index is 5.75. The van der Waals surface area contributed by atoms with Crippen LogP contribution in [-0.2, 0) is 6.54 Å². The predicted molar refractivity (Wildman–Crippen MR) is 70.8 cm³/mol. The van der Waals surface area contributed by atoms with Gasteiger partial charge in [0.2, 0.25) is 0 Å². The van der Waals surface area contributed by atoms with E-state index in [9.17, 15) is 0 Å². The first-order valence-corrected chi connectivity index (χ1v) is 6.82. The van der Waals surface area contributed by atoms with Crippen molar-refractivity contribution in [3.63, 3.8) is 0 Å². The van der Waals surface area contributed by atoms with Crippen LogP contribution in [0.3, 0.4) is 0 Å². The molecule has 0 amide bonds. The van der Waals surface area contributed by atoms with Crippen LogP contribution in [0.15, 0.2) is 23.6 Å². The van der Waals surface area contributed by atoms with Gasteiger partial charge >= 0.3 is 0 Å². The maximum absolute atomic E-state index is 5.75. The highest BCUT2D eigenvalue weighted by Gasteiger charge is 2.10. The van der Waals surface area contributed by atoms with E-state index in [0.29, 0.717) is 22.7 Å². The molecule has 0 saturated carbocycles. The molecule has 0 bridgehead atoms. The second-order valence-electron chi connectivity index (χ2n) is 3.83. The van der Waals surface area contributed by atoms with E-state index in [1.54, 1.807) is 5.38 Å². The third-order valence-corrected chi connectivity index (χ3v) is 3.59. The molecule has 0 saturated heterocycles. The largest absolute Gasteiger partial charge is 0.492 e. The molecule has 0 unspecified atom stereocenters. The Bertz CT molecular complexity index is 559. The molecule has 6 heteroatoms. The summed E-state index contributed by atoms with van der Waals surface area (Å²) in [4.78, 5) is 4.05. The standard InChI is InChI=1S/C12H11ClN2O2S/c13-11-7-18-12(15-11)17-9-2-1-8-6-14-3-4-16-10(8)5-9/h1-2,5,7,14H,3-4,6H2. The number of thiazole rings is 1. The number of rotatable bonds is 2. The van der Waals surface area contributed by atoms with Crippen LogP contribution in [0, 0.1) is 0 Å². The molecular formula is C12H11ClN2O2S. The van der Waals surface area contributed by atoms with Crippen LogP contribution in [0.5, 0.6) is 16.7 Å². The van der Waals surface area contributed by atoms with Crippen molar-refractivity contribution in [3.05, 3.63) is 34.3 Å². The summed E-state index contributed by atoms with van der Waals surface area (Å²) >= 11 is 7.12. The van der Waals surface area contributed by atoms with Crippen LogP contribution in [0.25, 0.3) is 0 Å². The quantitative estimate of drug-likeness (QED) is 0.919. The predicted octanol–water partition coefficient (Wildman–Crippen LogP) is 3.07. The highest BCUT2D eigenvalue weighted by atomic mass is 35.5. The topological polar surface area (TPSA) is 43.4 Å². The average Bonchev–Trinajstić information content (AvgIpc) is 2.64. The van der Waals surface area contributed by atoms with E-state index in [1.165, 1.54) is 11.3 Å². The monoisotopic (exact) mass is 282 g/mol. The minimum atomic E-state index is 0.449. The summed E-state index contributed by atoms with van der Waals surface area (Å²) < 4.78 is 11.3. The Hall–Kier alpha value is -1.30. The third-order valence-electron chi connectivity index (χ3n) is 2.55. The minimum absolute atomic E-state index is 0.449. The number of benzene rings is 1. The van der Waals surface area contributed by atoms with Gasteiger partial charge < -0.3 is 14.8 Å². The van der Waals surface area contributed by atoms with E-state index in [0.717, 1.165) is 24.4 Å². The van der Waals surface area contributed by atoms with Crippen molar-refractivity contribution in [2.24, 2.45) is 0 Å². The van der Waals surface area contributed by atoms with Gasteiger partial charge in [0.25, 0.3) is 5.19 Å².